The maximum atomic E-state index is 12.7. The number of hydrogen-bond acceptors (Lipinski definition) is 5. The molecule has 1 unspecified atom stereocenters. The lowest BCUT2D eigenvalue weighted by molar-refractivity contribution is -0.138. The molecule has 1 aromatic rings. The van der Waals surface area contributed by atoms with E-state index in [2.05, 4.69) is 0 Å². The Labute approximate surface area is 174 Å². The van der Waals surface area contributed by atoms with Crippen molar-refractivity contribution in [3.05, 3.63) is 29.3 Å². The summed E-state index contributed by atoms with van der Waals surface area (Å²) in [4.78, 5) is 27.0. The summed E-state index contributed by atoms with van der Waals surface area (Å²) >= 11 is 0. The zero-order valence-electron chi connectivity index (χ0n) is 17.8. The van der Waals surface area contributed by atoms with Crippen LogP contribution in [0.3, 0.4) is 0 Å². The first-order chi connectivity index (χ1) is 13.8. The number of hydrogen-bond donors (Lipinski definition) is 0. The Kier molecular flexibility index (Phi) is 8.22. The smallest absolute Gasteiger partial charge is 0.338 e. The molecule has 1 aliphatic heterocycles. The van der Waals surface area contributed by atoms with Crippen molar-refractivity contribution >= 4 is 21.9 Å². The number of benzene rings is 1. The number of rotatable bonds is 8. The molecule has 7 nitrogen and oxygen atoms in total. The molecule has 1 saturated heterocycles. The number of piperidine rings is 1. The summed E-state index contributed by atoms with van der Waals surface area (Å²) in [6.07, 6.45) is 3.92. The fraction of sp³-hybridized carbons (Fsp3) is 0.619. The topological polar surface area (TPSA) is 84.0 Å². The van der Waals surface area contributed by atoms with Crippen LogP contribution >= 0.6 is 0 Å². The van der Waals surface area contributed by atoms with E-state index in [1.54, 1.807) is 31.7 Å². The molecule has 1 atom stereocenters. The van der Waals surface area contributed by atoms with Crippen molar-refractivity contribution in [2.24, 2.45) is 0 Å². The number of sulfonamides is 1. The minimum Gasteiger partial charge on any atom is -0.452 e. The molecule has 1 amide bonds. The van der Waals surface area contributed by atoms with Crippen molar-refractivity contribution in [2.75, 3.05) is 26.2 Å². The third-order valence-corrected chi connectivity index (χ3v) is 7.56. The first kappa shape index (κ1) is 23.3. The molecular formula is C21H32N2O5S. The van der Waals surface area contributed by atoms with E-state index in [1.807, 2.05) is 6.92 Å². The molecule has 1 aliphatic rings. The molecule has 0 aliphatic carbocycles. The van der Waals surface area contributed by atoms with Crippen LogP contribution in [0, 0.1) is 6.92 Å². The summed E-state index contributed by atoms with van der Waals surface area (Å²) in [5.41, 5.74) is 0.766. The zero-order valence-corrected chi connectivity index (χ0v) is 18.6. The van der Waals surface area contributed by atoms with Gasteiger partial charge in [-0.2, -0.15) is 4.31 Å². The maximum Gasteiger partial charge on any atom is 0.338 e. The van der Waals surface area contributed by atoms with Crippen molar-refractivity contribution in [3.8, 4) is 0 Å². The molecule has 162 valence electrons. The van der Waals surface area contributed by atoms with E-state index in [-0.39, 0.29) is 29.0 Å². The van der Waals surface area contributed by atoms with E-state index < -0.39 is 16.0 Å². The van der Waals surface area contributed by atoms with Gasteiger partial charge in [0.15, 0.2) is 6.61 Å². The van der Waals surface area contributed by atoms with Gasteiger partial charge in [-0.25, -0.2) is 13.2 Å². The quantitative estimate of drug-likeness (QED) is 0.599. The summed E-state index contributed by atoms with van der Waals surface area (Å²) in [7, 11) is -3.68. The molecule has 0 spiro atoms. The first-order valence-electron chi connectivity index (χ1n) is 10.3. The second-order valence-electron chi connectivity index (χ2n) is 7.29. The third kappa shape index (κ3) is 5.36. The van der Waals surface area contributed by atoms with Crippen LogP contribution in [0.4, 0.5) is 0 Å². The summed E-state index contributed by atoms with van der Waals surface area (Å²) in [6.45, 7) is 8.33. The van der Waals surface area contributed by atoms with E-state index in [1.165, 1.54) is 16.4 Å². The SMILES string of the molecule is CCC1CCCCN1C(=O)COC(=O)c1cc(S(=O)(=O)N(CC)CC)ccc1C. The van der Waals surface area contributed by atoms with Crippen LogP contribution in [-0.4, -0.2) is 61.8 Å². The van der Waals surface area contributed by atoms with Gasteiger partial charge in [-0.1, -0.05) is 26.8 Å². The Hall–Kier alpha value is -1.93. The van der Waals surface area contributed by atoms with E-state index in [0.717, 1.165) is 25.7 Å². The molecule has 0 N–H and O–H groups in total. The molecule has 0 bridgehead atoms. The van der Waals surface area contributed by atoms with E-state index >= 15 is 0 Å². The lowest BCUT2D eigenvalue weighted by Gasteiger charge is -2.35. The van der Waals surface area contributed by atoms with Gasteiger partial charge in [0.2, 0.25) is 10.0 Å². The van der Waals surface area contributed by atoms with Crippen molar-refractivity contribution in [2.45, 2.75) is 64.3 Å². The highest BCUT2D eigenvalue weighted by molar-refractivity contribution is 7.89. The highest BCUT2D eigenvalue weighted by Gasteiger charge is 2.27. The minimum absolute atomic E-state index is 0.0483. The number of amides is 1. The van der Waals surface area contributed by atoms with Crippen LogP contribution in [0.5, 0.6) is 0 Å². The van der Waals surface area contributed by atoms with Gasteiger partial charge in [-0.05, 0) is 50.3 Å². The first-order valence-corrected chi connectivity index (χ1v) is 11.8. The van der Waals surface area contributed by atoms with E-state index in [9.17, 15) is 18.0 Å². The Morgan fingerprint density at radius 2 is 1.86 bits per heavy atom. The molecule has 0 saturated carbocycles. The minimum atomic E-state index is -3.68. The fourth-order valence-electron chi connectivity index (χ4n) is 3.74. The third-order valence-electron chi connectivity index (χ3n) is 5.52. The number of carbonyl (C=O) groups is 2. The van der Waals surface area contributed by atoms with Gasteiger partial charge < -0.3 is 9.64 Å². The molecule has 2 rings (SSSR count). The maximum absolute atomic E-state index is 12.7. The van der Waals surface area contributed by atoms with Gasteiger partial charge in [0.05, 0.1) is 10.5 Å². The molecule has 0 radical (unpaired) electrons. The lowest BCUT2D eigenvalue weighted by atomic mass is 10.00. The summed E-state index contributed by atoms with van der Waals surface area (Å²) in [5, 5.41) is 0. The summed E-state index contributed by atoms with van der Waals surface area (Å²) in [6, 6.07) is 4.61. The molecule has 1 heterocycles. The van der Waals surface area contributed by atoms with Crippen LogP contribution in [0.25, 0.3) is 0 Å². The highest BCUT2D eigenvalue weighted by atomic mass is 32.2. The van der Waals surface area contributed by atoms with Crippen LogP contribution in [0.2, 0.25) is 0 Å². The molecule has 1 fully saturated rings. The van der Waals surface area contributed by atoms with Crippen LogP contribution in [0.15, 0.2) is 23.1 Å². The second-order valence-corrected chi connectivity index (χ2v) is 9.23. The highest BCUT2D eigenvalue weighted by Crippen LogP contribution is 2.22. The number of likely N-dealkylation sites (tertiary alicyclic amines) is 1. The van der Waals surface area contributed by atoms with Gasteiger partial charge in [-0.3, -0.25) is 4.79 Å². The second kappa shape index (κ2) is 10.2. The number of esters is 1. The largest absolute Gasteiger partial charge is 0.452 e. The fourth-order valence-corrected chi connectivity index (χ4v) is 5.22. The van der Waals surface area contributed by atoms with Crippen LogP contribution in [-0.2, 0) is 19.6 Å². The number of carbonyl (C=O) groups excluding carboxylic acids is 2. The number of aryl methyl sites for hydroxylation is 1. The van der Waals surface area contributed by atoms with Crippen molar-refractivity contribution in [3.63, 3.8) is 0 Å². The number of nitrogens with zero attached hydrogens (tertiary/aromatic N) is 2. The monoisotopic (exact) mass is 424 g/mol. The molecule has 8 heteroatoms. The summed E-state index contributed by atoms with van der Waals surface area (Å²) in [5.74, 6) is -0.882. The Bertz CT molecular complexity index is 833. The van der Waals surface area contributed by atoms with Crippen molar-refractivity contribution in [1.82, 2.24) is 9.21 Å². The van der Waals surface area contributed by atoms with Crippen LogP contribution in [0.1, 0.15) is 62.4 Å². The standard InChI is InChI=1S/C21H32N2O5S/c1-5-17-10-8-9-13-23(17)20(24)15-28-21(25)19-14-18(12-11-16(19)4)29(26,27)22(6-2)7-3/h11-12,14,17H,5-10,13,15H2,1-4H3. The summed E-state index contributed by atoms with van der Waals surface area (Å²) < 4.78 is 32.1. The predicted octanol–water partition coefficient (Wildman–Crippen LogP) is 2.97. The predicted molar refractivity (Wildman–Crippen MR) is 111 cm³/mol. The molecule has 1 aromatic carbocycles. The lowest BCUT2D eigenvalue weighted by Crippen LogP contribution is -2.45. The van der Waals surface area contributed by atoms with Crippen molar-refractivity contribution in [1.29, 1.82) is 0 Å². The van der Waals surface area contributed by atoms with Gasteiger partial charge in [0, 0.05) is 25.7 Å². The average molecular weight is 425 g/mol. The Morgan fingerprint density at radius 3 is 2.48 bits per heavy atom. The number of ether oxygens (including phenoxy) is 1. The van der Waals surface area contributed by atoms with Gasteiger partial charge in [-0.15, -0.1) is 0 Å². The van der Waals surface area contributed by atoms with E-state index in [4.69, 9.17) is 4.74 Å². The Balaban J connectivity index is 2.14. The van der Waals surface area contributed by atoms with Gasteiger partial charge in [0.25, 0.3) is 5.91 Å². The molecule has 0 aromatic heterocycles. The Morgan fingerprint density at radius 1 is 1.17 bits per heavy atom. The van der Waals surface area contributed by atoms with E-state index in [0.29, 0.717) is 25.2 Å². The zero-order chi connectivity index (χ0) is 21.6. The van der Waals surface area contributed by atoms with Crippen LogP contribution < -0.4 is 0 Å². The van der Waals surface area contributed by atoms with Gasteiger partial charge >= 0.3 is 5.97 Å². The van der Waals surface area contributed by atoms with Gasteiger partial charge in [0.1, 0.15) is 0 Å². The molecular weight excluding hydrogens is 392 g/mol. The average Bonchev–Trinajstić information content (AvgIpc) is 2.72. The molecule has 29 heavy (non-hydrogen) atoms. The normalized spacial score (nSPS) is 17.4. The van der Waals surface area contributed by atoms with Crippen molar-refractivity contribution < 1.29 is 22.7 Å².